The monoisotopic (exact) mass is 661 g/mol. The van der Waals surface area contributed by atoms with Crippen LogP contribution in [0.3, 0.4) is 0 Å². The number of amides is 2. The molecule has 46 heavy (non-hydrogen) atoms. The first kappa shape index (κ1) is 34.5. The molecule has 0 aliphatic carbocycles. The number of nitrogens with one attached hydrogen (secondary N) is 1. The van der Waals surface area contributed by atoms with Crippen molar-refractivity contribution < 1.29 is 22.7 Å². The maximum atomic E-state index is 14.6. The van der Waals surface area contributed by atoms with Crippen LogP contribution >= 0.6 is 11.6 Å². The summed E-state index contributed by atoms with van der Waals surface area (Å²) in [5.74, 6) is -0.483. The summed E-state index contributed by atoms with van der Waals surface area (Å²) in [7, 11) is -2.74. The minimum absolute atomic E-state index is 0.0134. The van der Waals surface area contributed by atoms with Crippen molar-refractivity contribution >= 4 is 39.1 Å². The van der Waals surface area contributed by atoms with E-state index >= 15 is 0 Å². The zero-order chi connectivity index (χ0) is 33.3. The molecule has 4 aromatic carbocycles. The van der Waals surface area contributed by atoms with Crippen molar-refractivity contribution in [2.75, 3.05) is 18.0 Å². The van der Waals surface area contributed by atoms with Crippen LogP contribution in [0.25, 0.3) is 0 Å². The van der Waals surface area contributed by atoms with Gasteiger partial charge in [-0.25, -0.2) is 8.42 Å². The molecule has 2 amide bonds. The molecule has 0 saturated heterocycles. The van der Waals surface area contributed by atoms with E-state index in [1.54, 1.807) is 60.7 Å². The Morgan fingerprint density at radius 2 is 1.59 bits per heavy atom. The molecule has 4 rings (SSSR count). The number of carbonyl (C=O) groups excluding carboxylic acids is 2. The minimum Gasteiger partial charge on any atom is -0.497 e. The summed E-state index contributed by atoms with van der Waals surface area (Å²) in [6.45, 7) is 5.14. The van der Waals surface area contributed by atoms with E-state index in [0.29, 0.717) is 22.8 Å². The third kappa shape index (κ3) is 8.68. The third-order valence-corrected chi connectivity index (χ3v) is 9.96. The van der Waals surface area contributed by atoms with E-state index in [1.165, 1.54) is 24.1 Å². The van der Waals surface area contributed by atoms with Gasteiger partial charge in [-0.3, -0.25) is 13.9 Å². The van der Waals surface area contributed by atoms with E-state index in [0.717, 1.165) is 15.4 Å². The Morgan fingerprint density at radius 1 is 0.913 bits per heavy atom. The van der Waals surface area contributed by atoms with Crippen molar-refractivity contribution in [2.45, 2.75) is 57.1 Å². The third-order valence-electron chi connectivity index (χ3n) is 7.80. The van der Waals surface area contributed by atoms with Gasteiger partial charge in [0.25, 0.3) is 10.0 Å². The zero-order valence-electron chi connectivity index (χ0n) is 26.5. The predicted molar refractivity (Wildman–Crippen MR) is 183 cm³/mol. The van der Waals surface area contributed by atoms with Crippen LogP contribution in [0.15, 0.2) is 108 Å². The molecule has 0 heterocycles. The number of benzene rings is 4. The highest BCUT2D eigenvalue weighted by molar-refractivity contribution is 7.92. The van der Waals surface area contributed by atoms with Gasteiger partial charge in [-0.2, -0.15) is 0 Å². The second-order valence-electron chi connectivity index (χ2n) is 11.2. The zero-order valence-corrected chi connectivity index (χ0v) is 28.1. The fourth-order valence-electron chi connectivity index (χ4n) is 4.94. The maximum absolute atomic E-state index is 14.6. The summed E-state index contributed by atoms with van der Waals surface area (Å²) in [5, 5.41) is 3.46. The molecule has 0 radical (unpaired) electrons. The van der Waals surface area contributed by atoms with Crippen LogP contribution in [-0.2, 0) is 32.6 Å². The number of halogens is 1. The quantitative estimate of drug-likeness (QED) is 0.169. The van der Waals surface area contributed by atoms with Crippen molar-refractivity contribution in [1.82, 2.24) is 10.2 Å². The van der Waals surface area contributed by atoms with Crippen LogP contribution in [0.1, 0.15) is 37.0 Å². The van der Waals surface area contributed by atoms with Crippen LogP contribution < -0.4 is 14.4 Å². The van der Waals surface area contributed by atoms with Crippen molar-refractivity contribution in [1.29, 1.82) is 0 Å². The van der Waals surface area contributed by atoms with Crippen LogP contribution in [0.4, 0.5) is 5.69 Å². The van der Waals surface area contributed by atoms with Gasteiger partial charge in [0, 0.05) is 30.1 Å². The number of anilines is 1. The number of methoxy groups -OCH3 is 1. The van der Waals surface area contributed by atoms with Crippen LogP contribution in [0, 0.1) is 6.92 Å². The number of rotatable bonds is 14. The second kappa shape index (κ2) is 15.8. The average Bonchev–Trinajstić information content (AvgIpc) is 3.06. The molecule has 0 aliphatic heterocycles. The maximum Gasteiger partial charge on any atom is 0.264 e. The number of carbonyl (C=O) groups is 2. The van der Waals surface area contributed by atoms with Crippen molar-refractivity contribution in [3.63, 3.8) is 0 Å². The van der Waals surface area contributed by atoms with E-state index in [-0.39, 0.29) is 35.5 Å². The highest BCUT2D eigenvalue weighted by Gasteiger charge is 2.35. The lowest BCUT2D eigenvalue weighted by Gasteiger charge is -2.34. The summed E-state index contributed by atoms with van der Waals surface area (Å²) in [5.41, 5.74) is 2.61. The first-order chi connectivity index (χ1) is 22.0. The first-order valence-electron chi connectivity index (χ1n) is 15.1. The van der Waals surface area contributed by atoms with Gasteiger partial charge < -0.3 is 15.0 Å². The lowest BCUT2D eigenvalue weighted by molar-refractivity contribution is -0.140. The molecule has 4 aromatic rings. The van der Waals surface area contributed by atoms with E-state index in [1.807, 2.05) is 51.1 Å². The Bertz CT molecular complexity index is 1730. The van der Waals surface area contributed by atoms with Crippen molar-refractivity contribution in [3.05, 3.63) is 125 Å². The van der Waals surface area contributed by atoms with Crippen LogP contribution in [0.2, 0.25) is 5.02 Å². The lowest BCUT2D eigenvalue weighted by Crippen LogP contribution is -2.54. The predicted octanol–water partition coefficient (Wildman–Crippen LogP) is 6.41. The van der Waals surface area contributed by atoms with Crippen LogP contribution in [-0.4, -0.2) is 50.9 Å². The Labute approximate surface area is 277 Å². The SMILES string of the molecule is CCC(C)NC(=O)C(Cc1ccccc1)N(Cc1ccccc1Cl)C(=O)CN(c1cccc(OC)c1)S(=O)(=O)c1ccc(C)cc1. The van der Waals surface area contributed by atoms with E-state index < -0.39 is 28.5 Å². The number of sulfonamides is 1. The highest BCUT2D eigenvalue weighted by Crippen LogP contribution is 2.28. The molecule has 0 aromatic heterocycles. The first-order valence-corrected chi connectivity index (χ1v) is 17.0. The van der Waals surface area contributed by atoms with Gasteiger partial charge in [-0.1, -0.05) is 90.8 Å². The molecule has 2 atom stereocenters. The average molecular weight is 662 g/mol. The Balaban J connectivity index is 1.83. The summed E-state index contributed by atoms with van der Waals surface area (Å²) in [4.78, 5) is 30.0. The van der Waals surface area contributed by atoms with E-state index in [4.69, 9.17) is 16.3 Å². The molecule has 10 heteroatoms. The minimum atomic E-state index is -4.23. The normalized spacial score (nSPS) is 12.5. The molecule has 2 unspecified atom stereocenters. The van der Waals surface area contributed by atoms with Gasteiger partial charge in [0.05, 0.1) is 17.7 Å². The van der Waals surface area contributed by atoms with E-state index in [2.05, 4.69) is 5.32 Å². The number of nitrogens with zero attached hydrogens (tertiary/aromatic N) is 2. The highest BCUT2D eigenvalue weighted by atomic mass is 35.5. The standard InChI is InChI=1S/C36H40ClN3O5S/c1-5-27(3)38-36(42)34(22-28-12-7-6-8-13-28)39(24-29-14-9-10-17-33(29)37)35(41)25-40(30-15-11-16-31(23-30)45-4)46(43,44)32-20-18-26(2)19-21-32/h6-21,23,27,34H,5,22,24-25H2,1-4H3,(H,38,42). The van der Waals surface area contributed by atoms with Gasteiger partial charge >= 0.3 is 0 Å². The number of ether oxygens (including phenoxy) is 1. The van der Waals surface area contributed by atoms with Crippen LogP contribution in [0.5, 0.6) is 5.75 Å². The molecule has 0 spiro atoms. The lowest BCUT2D eigenvalue weighted by atomic mass is 10.0. The number of hydrogen-bond donors (Lipinski definition) is 1. The largest absolute Gasteiger partial charge is 0.497 e. The van der Waals surface area contributed by atoms with Gasteiger partial charge in [0.1, 0.15) is 18.3 Å². The molecule has 8 nitrogen and oxygen atoms in total. The van der Waals surface area contributed by atoms with Gasteiger partial charge in [0.2, 0.25) is 11.8 Å². The molecule has 0 fully saturated rings. The fraction of sp³-hybridized carbons (Fsp3) is 0.278. The summed E-state index contributed by atoms with van der Waals surface area (Å²) >= 11 is 6.57. The van der Waals surface area contributed by atoms with Gasteiger partial charge in [-0.05, 0) is 61.7 Å². The number of hydrogen-bond acceptors (Lipinski definition) is 5. The molecule has 1 N–H and O–H groups in total. The summed E-state index contributed by atoms with van der Waals surface area (Å²) in [6, 6.07) is 28.4. The Morgan fingerprint density at radius 3 is 2.24 bits per heavy atom. The molecule has 242 valence electrons. The second-order valence-corrected chi connectivity index (χ2v) is 13.4. The Kier molecular flexibility index (Phi) is 11.8. The fourth-order valence-corrected chi connectivity index (χ4v) is 6.54. The van der Waals surface area contributed by atoms with Gasteiger partial charge in [0.15, 0.2) is 0 Å². The van der Waals surface area contributed by atoms with Crippen molar-refractivity contribution in [3.8, 4) is 5.75 Å². The Hall–Kier alpha value is -4.34. The summed E-state index contributed by atoms with van der Waals surface area (Å²) in [6.07, 6.45) is 0.907. The van der Waals surface area contributed by atoms with Gasteiger partial charge in [-0.15, -0.1) is 0 Å². The van der Waals surface area contributed by atoms with Crippen molar-refractivity contribution in [2.24, 2.45) is 0 Å². The molecular weight excluding hydrogens is 622 g/mol. The molecular formula is C36H40ClN3O5S. The molecule has 0 saturated carbocycles. The summed E-state index contributed by atoms with van der Waals surface area (Å²) < 4.78 is 34.9. The smallest absolute Gasteiger partial charge is 0.264 e. The number of aryl methyl sites for hydroxylation is 1. The van der Waals surface area contributed by atoms with E-state index in [9.17, 15) is 18.0 Å². The molecule has 0 aliphatic rings. The topological polar surface area (TPSA) is 96.0 Å². The molecule has 0 bridgehead atoms.